The monoisotopic (exact) mass is 423 g/mol. The summed E-state index contributed by atoms with van der Waals surface area (Å²) in [5.74, 6) is 3.19. The zero-order valence-electron chi connectivity index (χ0n) is 19.3. The summed E-state index contributed by atoms with van der Waals surface area (Å²) in [6.45, 7) is 7.24. The third-order valence-corrected chi connectivity index (χ3v) is 10.4. The first kappa shape index (κ1) is 21.2. The number of aliphatic hydroxyl groups is 1. The van der Waals surface area contributed by atoms with Gasteiger partial charge in [-0.3, -0.25) is 9.48 Å². The molecule has 0 spiro atoms. The molecule has 31 heavy (non-hydrogen) atoms. The lowest BCUT2D eigenvalue weighted by atomic mass is 9.44. The van der Waals surface area contributed by atoms with Crippen LogP contribution in [0.15, 0.2) is 12.3 Å². The first-order valence-corrected chi connectivity index (χ1v) is 12.3. The minimum atomic E-state index is -0.483. The highest BCUT2D eigenvalue weighted by Gasteiger charge is 2.61. The van der Waals surface area contributed by atoms with Gasteiger partial charge in [0.1, 0.15) is 6.07 Å². The van der Waals surface area contributed by atoms with Gasteiger partial charge in [-0.05, 0) is 105 Å². The second-order valence-corrected chi connectivity index (χ2v) is 12.0. The molecular weight excluding hydrogens is 386 g/mol. The fourth-order valence-electron chi connectivity index (χ4n) is 8.74. The van der Waals surface area contributed by atoms with E-state index in [4.69, 9.17) is 5.26 Å². The Morgan fingerprint density at radius 1 is 1.13 bits per heavy atom. The molecule has 1 aromatic rings. The van der Waals surface area contributed by atoms with Crippen molar-refractivity contribution < 1.29 is 9.90 Å². The zero-order valence-corrected chi connectivity index (χ0v) is 19.3. The van der Waals surface area contributed by atoms with Crippen LogP contribution in [-0.4, -0.2) is 26.3 Å². The molecule has 168 valence electrons. The van der Waals surface area contributed by atoms with Crippen LogP contribution in [0.4, 0.5) is 0 Å². The molecule has 5 nitrogen and oxygen atoms in total. The van der Waals surface area contributed by atoms with Crippen molar-refractivity contribution in [2.45, 2.75) is 90.7 Å². The summed E-state index contributed by atoms with van der Waals surface area (Å²) in [4.78, 5) is 13.3. The van der Waals surface area contributed by atoms with Crippen LogP contribution in [0.5, 0.6) is 0 Å². The molecule has 0 aromatic carbocycles. The second-order valence-electron chi connectivity index (χ2n) is 12.0. The van der Waals surface area contributed by atoms with Crippen molar-refractivity contribution in [3.8, 4) is 6.07 Å². The molecule has 0 radical (unpaired) electrons. The van der Waals surface area contributed by atoms with Gasteiger partial charge in [0.15, 0.2) is 11.5 Å². The Morgan fingerprint density at radius 2 is 1.90 bits per heavy atom. The number of carbonyl (C=O) groups is 1. The average molecular weight is 424 g/mol. The number of nitrogens with zero attached hydrogens (tertiary/aromatic N) is 3. The summed E-state index contributed by atoms with van der Waals surface area (Å²) in [6.07, 6.45) is 11.9. The van der Waals surface area contributed by atoms with Gasteiger partial charge in [0, 0.05) is 12.1 Å². The van der Waals surface area contributed by atoms with Gasteiger partial charge in [-0.25, -0.2) is 0 Å². The van der Waals surface area contributed by atoms with E-state index in [0.29, 0.717) is 28.7 Å². The number of carbonyl (C=O) groups excluding carboxylic acids is 1. The molecule has 1 heterocycles. The molecule has 0 aliphatic heterocycles. The molecular formula is C26H37N3O2. The highest BCUT2D eigenvalue weighted by atomic mass is 16.3. The van der Waals surface area contributed by atoms with E-state index in [1.165, 1.54) is 25.7 Å². The molecule has 8 atom stereocenters. The summed E-state index contributed by atoms with van der Waals surface area (Å²) in [5.41, 5.74) is 0.355. The van der Waals surface area contributed by atoms with Gasteiger partial charge in [-0.2, -0.15) is 10.4 Å². The molecule has 1 aromatic heterocycles. The van der Waals surface area contributed by atoms with E-state index < -0.39 is 5.60 Å². The number of hydrogen-bond acceptors (Lipinski definition) is 4. The van der Waals surface area contributed by atoms with Crippen molar-refractivity contribution in [3.05, 3.63) is 18.0 Å². The Morgan fingerprint density at radius 3 is 2.65 bits per heavy atom. The lowest BCUT2D eigenvalue weighted by Crippen LogP contribution is -2.55. The smallest absolute Gasteiger partial charge is 0.162 e. The molecule has 3 unspecified atom stereocenters. The number of aromatic nitrogens is 2. The van der Waals surface area contributed by atoms with Crippen molar-refractivity contribution in [1.29, 1.82) is 5.26 Å². The Bertz CT molecular complexity index is 914. The summed E-state index contributed by atoms with van der Waals surface area (Å²) in [5, 5.41) is 23.9. The highest BCUT2D eigenvalue weighted by Crippen LogP contribution is 2.68. The topological polar surface area (TPSA) is 78.9 Å². The summed E-state index contributed by atoms with van der Waals surface area (Å²) < 4.78 is 1.64. The van der Waals surface area contributed by atoms with Crippen LogP contribution in [-0.2, 0) is 11.3 Å². The summed E-state index contributed by atoms with van der Waals surface area (Å²) in [6, 6.07) is 3.73. The zero-order chi connectivity index (χ0) is 22.0. The van der Waals surface area contributed by atoms with Gasteiger partial charge in [-0.15, -0.1) is 0 Å². The first-order valence-electron chi connectivity index (χ1n) is 12.3. The molecule has 0 saturated heterocycles. The van der Waals surface area contributed by atoms with Crippen LogP contribution in [0, 0.1) is 51.8 Å². The first-order chi connectivity index (χ1) is 14.7. The lowest BCUT2D eigenvalue weighted by Gasteiger charge is -2.61. The third-order valence-electron chi connectivity index (χ3n) is 10.4. The number of fused-ring (bicyclic) bond motifs is 5. The SMILES string of the molecule is CC12CC[C@@](C)(O)CC1CCC1[C@@H]2CC[C@]2(C)[C@@H](C(=O)Cn3ccc(C#N)n3)CC[C@@H]12. The Balaban J connectivity index is 1.34. The number of rotatable bonds is 3. The maximum atomic E-state index is 13.3. The van der Waals surface area contributed by atoms with Crippen LogP contribution in [0.1, 0.15) is 84.3 Å². The molecule has 4 aliphatic carbocycles. The number of nitriles is 1. The van der Waals surface area contributed by atoms with Gasteiger partial charge in [0.25, 0.3) is 0 Å². The molecule has 5 heteroatoms. The summed E-state index contributed by atoms with van der Waals surface area (Å²) in [7, 11) is 0. The molecule has 4 fully saturated rings. The van der Waals surface area contributed by atoms with Crippen LogP contribution in [0.2, 0.25) is 0 Å². The van der Waals surface area contributed by atoms with E-state index in [0.717, 1.165) is 43.9 Å². The van der Waals surface area contributed by atoms with Gasteiger partial charge < -0.3 is 5.11 Å². The minimum Gasteiger partial charge on any atom is -0.390 e. The van der Waals surface area contributed by atoms with Crippen molar-refractivity contribution in [3.63, 3.8) is 0 Å². The maximum Gasteiger partial charge on any atom is 0.162 e. The number of hydrogen-bond donors (Lipinski definition) is 1. The Labute approximate surface area is 186 Å². The van der Waals surface area contributed by atoms with E-state index >= 15 is 0 Å². The molecule has 5 rings (SSSR count). The van der Waals surface area contributed by atoms with Gasteiger partial charge in [0.05, 0.1) is 12.1 Å². The van der Waals surface area contributed by atoms with E-state index in [1.54, 1.807) is 16.9 Å². The van der Waals surface area contributed by atoms with E-state index in [2.05, 4.69) is 18.9 Å². The van der Waals surface area contributed by atoms with Crippen molar-refractivity contribution in [1.82, 2.24) is 9.78 Å². The molecule has 0 bridgehead atoms. The molecule has 4 saturated carbocycles. The highest BCUT2D eigenvalue weighted by molar-refractivity contribution is 5.82. The average Bonchev–Trinajstić information content (AvgIpc) is 3.31. The second kappa shape index (κ2) is 7.17. The van der Waals surface area contributed by atoms with Crippen LogP contribution in [0.3, 0.4) is 0 Å². The van der Waals surface area contributed by atoms with Crippen molar-refractivity contribution in [2.75, 3.05) is 0 Å². The standard InChI is InChI=1S/C26H37N3O2/c1-24(31)11-12-25(2)17(14-24)4-5-19-20-6-7-22(26(20,3)10-8-21(19)25)23(30)16-29-13-9-18(15-27)28-29/h9,13,17,19-22,31H,4-8,10-12,14,16H2,1-3H3/t17?,19?,20-,21-,22+,24+,25?,26-/m0/s1. The lowest BCUT2D eigenvalue weighted by molar-refractivity contribution is -0.151. The predicted molar refractivity (Wildman–Crippen MR) is 118 cm³/mol. The normalized spacial score (nSPS) is 46.5. The molecule has 0 amide bonds. The van der Waals surface area contributed by atoms with E-state index in [-0.39, 0.29) is 17.9 Å². The number of ketones is 1. The van der Waals surface area contributed by atoms with Gasteiger partial charge in [-0.1, -0.05) is 13.8 Å². The minimum absolute atomic E-state index is 0.104. The Hall–Kier alpha value is -1.67. The van der Waals surface area contributed by atoms with E-state index in [9.17, 15) is 9.90 Å². The molecule has 1 N–H and O–H groups in total. The molecule has 4 aliphatic rings. The van der Waals surface area contributed by atoms with Gasteiger partial charge in [0.2, 0.25) is 0 Å². The Kier molecular flexibility index (Phi) is 4.90. The van der Waals surface area contributed by atoms with E-state index in [1.807, 2.05) is 13.0 Å². The maximum absolute atomic E-state index is 13.3. The largest absolute Gasteiger partial charge is 0.390 e. The van der Waals surface area contributed by atoms with Crippen molar-refractivity contribution >= 4 is 5.78 Å². The quantitative estimate of drug-likeness (QED) is 0.762. The predicted octanol–water partition coefficient (Wildman–Crippen LogP) is 4.73. The summed E-state index contributed by atoms with van der Waals surface area (Å²) >= 11 is 0. The van der Waals surface area contributed by atoms with Crippen molar-refractivity contribution in [2.24, 2.45) is 40.4 Å². The fraction of sp³-hybridized carbons (Fsp3) is 0.808. The van der Waals surface area contributed by atoms with Crippen LogP contribution >= 0.6 is 0 Å². The third kappa shape index (κ3) is 3.28. The van der Waals surface area contributed by atoms with Crippen LogP contribution < -0.4 is 0 Å². The number of Topliss-reactive ketones (excluding diaryl/α,β-unsaturated/α-hetero) is 1. The van der Waals surface area contributed by atoms with Gasteiger partial charge >= 0.3 is 0 Å². The van der Waals surface area contributed by atoms with Crippen LogP contribution in [0.25, 0.3) is 0 Å². The fourth-order valence-corrected chi connectivity index (χ4v) is 8.74.